The van der Waals surface area contributed by atoms with Crippen LogP contribution >= 0.6 is 11.8 Å². The molecule has 1 heteroatoms. The van der Waals surface area contributed by atoms with Gasteiger partial charge in [-0.25, -0.2) is 0 Å². The van der Waals surface area contributed by atoms with Crippen LogP contribution in [0.25, 0.3) is 6.08 Å². The van der Waals surface area contributed by atoms with Crippen molar-refractivity contribution in [2.24, 2.45) is 0 Å². The SMILES string of the molecule is CCc1ccc(/C=C/CSC)cc1. The Balaban J connectivity index is 2.58. The lowest BCUT2D eigenvalue weighted by Crippen LogP contribution is -1.79. The monoisotopic (exact) mass is 192 g/mol. The Morgan fingerprint density at radius 1 is 1.23 bits per heavy atom. The third-order valence-electron chi connectivity index (χ3n) is 1.96. The molecule has 0 saturated heterocycles. The van der Waals surface area contributed by atoms with Gasteiger partial charge in [-0.3, -0.25) is 0 Å². The maximum atomic E-state index is 2.20. The van der Waals surface area contributed by atoms with E-state index in [0.29, 0.717) is 0 Å². The van der Waals surface area contributed by atoms with Gasteiger partial charge in [0.25, 0.3) is 0 Å². The molecule has 0 aromatic heterocycles. The van der Waals surface area contributed by atoms with Gasteiger partial charge < -0.3 is 0 Å². The molecule has 0 fully saturated rings. The molecule has 0 N–H and O–H groups in total. The Kier molecular flexibility index (Phi) is 4.69. The molecule has 0 saturated carbocycles. The first-order valence-electron chi connectivity index (χ1n) is 4.61. The molecule has 1 aromatic rings. The van der Waals surface area contributed by atoms with E-state index in [1.54, 1.807) is 0 Å². The maximum absolute atomic E-state index is 2.20. The highest BCUT2D eigenvalue weighted by Crippen LogP contribution is 2.07. The minimum absolute atomic E-state index is 1.09. The molecule has 0 bridgehead atoms. The van der Waals surface area contributed by atoms with Crippen LogP contribution in [0.1, 0.15) is 18.1 Å². The number of rotatable bonds is 4. The van der Waals surface area contributed by atoms with Crippen molar-refractivity contribution in [3.05, 3.63) is 41.5 Å². The van der Waals surface area contributed by atoms with Gasteiger partial charge in [-0.15, -0.1) is 0 Å². The molecule has 0 aliphatic carbocycles. The van der Waals surface area contributed by atoms with Crippen molar-refractivity contribution in [3.63, 3.8) is 0 Å². The molecular weight excluding hydrogens is 176 g/mol. The number of aryl methyl sites for hydroxylation is 1. The summed E-state index contributed by atoms with van der Waals surface area (Å²) in [5.74, 6) is 1.09. The van der Waals surface area contributed by atoms with Crippen LogP contribution in [-0.2, 0) is 6.42 Å². The van der Waals surface area contributed by atoms with E-state index in [1.165, 1.54) is 11.1 Å². The molecule has 70 valence electrons. The molecule has 13 heavy (non-hydrogen) atoms. The number of hydrogen-bond acceptors (Lipinski definition) is 1. The fraction of sp³-hybridized carbons (Fsp3) is 0.333. The Labute approximate surface area is 85.1 Å². The number of benzene rings is 1. The first-order chi connectivity index (χ1) is 6.36. The summed E-state index contributed by atoms with van der Waals surface area (Å²) in [5, 5.41) is 0. The van der Waals surface area contributed by atoms with Crippen LogP contribution in [-0.4, -0.2) is 12.0 Å². The second-order valence-electron chi connectivity index (χ2n) is 2.95. The zero-order chi connectivity index (χ0) is 9.52. The van der Waals surface area contributed by atoms with Gasteiger partial charge in [-0.05, 0) is 23.8 Å². The third-order valence-corrected chi connectivity index (χ3v) is 2.49. The van der Waals surface area contributed by atoms with Crippen molar-refractivity contribution in [3.8, 4) is 0 Å². The molecule has 0 nitrogen and oxygen atoms in total. The molecule has 1 rings (SSSR count). The van der Waals surface area contributed by atoms with Crippen LogP contribution in [0, 0.1) is 0 Å². The van der Waals surface area contributed by atoms with Crippen LogP contribution in [0.2, 0.25) is 0 Å². The standard InChI is InChI=1S/C12H16S/c1-3-11-6-8-12(9-7-11)5-4-10-13-2/h4-9H,3,10H2,1-2H3/b5-4+. The zero-order valence-corrected chi connectivity index (χ0v) is 9.10. The summed E-state index contributed by atoms with van der Waals surface area (Å²) in [5.41, 5.74) is 2.70. The van der Waals surface area contributed by atoms with Crippen molar-refractivity contribution in [1.82, 2.24) is 0 Å². The molecule has 0 heterocycles. The molecule has 0 unspecified atom stereocenters. The van der Waals surface area contributed by atoms with Crippen molar-refractivity contribution in [2.45, 2.75) is 13.3 Å². The van der Waals surface area contributed by atoms with E-state index in [9.17, 15) is 0 Å². The van der Waals surface area contributed by atoms with E-state index in [4.69, 9.17) is 0 Å². The Hall–Kier alpha value is -0.690. The van der Waals surface area contributed by atoms with Crippen LogP contribution in [0.5, 0.6) is 0 Å². The molecule has 0 radical (unpaired) electrons. The van der Waals surface area contributed by atoms with Gasteiger partial charge in [0.2, 0.25) is 0 Å². The summed E-state index contributed by atoms with van der Waals surface area (Å²) in [4.78, 5) is 0. The second kappa shape index (κ2) is 5.87. The molecule has 0 aliphatic rings. The minimum atomic E-state index is 1.09. The summed E-state index contributed by atoms with van der Waals surface area (Å²) < 4.78 is 0. The maximum Gasteiger partial charge on any atom is 0.0113 e. The van der Waals surface area contributed by atoms with Crippen LogP contribution < -0.4 is 0 Å². The number of hydrogen-bond donors (Lipinski definition) is 0. The van der Waals surface area contributed by atoms with Crippen molar-refractivity contribution >= 4 is 17.8 Å². The van der Waals surface area contributed by atoms with E-state index in [-0.39, 0.29) is 0 Å². The normalized spacial score (nSPS) is 10.9. The van der Waals surface area contributed by atoms with E-state index in [2.05, 4.69) is 49.6 Å². The highest BCUT2D eigenvalue weighted by atomic mass is 32.2. The Bertz CT molecular complexity index is 259. The van der Waals surface area contributed by atoms with Gasteiger partial charge in [0.15, 0.2) is 0 Å². The topological polar surface area (TPSA) is 0 Å². The van der Waals surface area contributed by atoms with E-state index >= 15 is 0 Å². The van der Waals surface area contributed by atoms with Gasteiger partial charge in [0.1, 0.15) is 0 Å². The summed E-state index contributed by atoms with van der Waals surface area (Å²) >= 11 is 1.84. The van der Waals surface area contributed by atoms with E-state index in [1.807, 2.05) is 11.8 Å². The van der Waals surface area contributed by atoms with Gasteiger partial charge in [-0.2, -0.15) is 11.8 Å². The number of thioether (sulfide) groups is 1. The zero-order valence-electron chi connectivity index (χ0n) is 8.29. The smallest absolute Gasteiger partial charge is 0.0113 e. The average Bonchev–Trinajstić information content (AvgIpc) is 2.19. The van der Waals surface area contributed by atoms with Gasteiger partial charge >= 0.3 is 0 Å². The summed E-state index contributed by atoms with van der Waals surface area (Å²) in [6.45, 7) is 2.18. The Morgan fingerprint density at radius 3 is 2.46 bits per heavy atom. The molecular formula is C12H16S. The summed E-state index contributed by atoms with van der Waals surface area (Å²) in [6, 6.07) is 8.74. The minimum Gasteiger partial charge on any atom is -0.161 e. The van der Waals surface area contributed by atoms with Crippen LogP contribution in [0.4, 0.5) is 0 Å². The highest BCUT2D eigenvalue weighted by molar-refractivity contribution is 7.98. The van der Waals surface area contributed by atoms with E-state index in [0.717, 1.165) is 12.2 Å². The van der Waals surface area contributed by atoms with Gasteiger partial charge in [0.05, 0.1) is 0 Å². The Morgan fingerprint density at radius 2 is 1.92 bits per heavy atom. The lowest BCUT2D eigenvalue weighted by molar-refractivity contribution is 1.14. The largest absolute Gasteiger partial charge is 0.161 e. The fourth-order valence-electron chi connectivity index (χ4n) is 1.14. The van der Waals surface area contributed by atoms with Crippen LogP contribution in [0.15, 0.2) is 30.3 Å². The second-order valence-corrected chi connectivity index (χ2v) is 3.86. The first-order valence-corrected chi connectivity index (χ1v) is 6.00. The lowest BCUT2D eigenvalue weighted by atomic mass is 10.1. The molecule has 1 aromatic carbocycles. The fourth-order valence-corrected chi connectivity index (χ4v) is 1.43. The molecule has 0 aliphatic heterocycles. The molecule has 0 atom stereocenters. The summed E-state index contributed by atoms with van der Waals surface area (Å²) in [7, 11) is 0. The highest BCUT2D eigenvalue weighted by Gasteiger charge is 1.88. The van der Waals surface area contributed by atoms with Crippen molar-refractivity contribution in [2.75, 3.05) is 12.0 Å². The average molecular weight is 192 g/mol. The third kappa shape index (κ3) is 3.69. The molecule has 0 spiro atoms. The predicted octanol–water partition coefficient (Wildman–Crippen LogP) is 3.63. The van der Waals surface area contributed by atoms with Gasteiger partial charge in [-0.1, -0.05) is 43.3 Å². The lowest BCUT2D eigenvalue weighted by Gasteiger charge is -1.96. The van der Waals surface area contributed by atoms with Crippen LogP contribution in [0.3, 0.4) is 0 Å². The quantitative estimate of drug-likeness (QED) is 0.702. The predicted molar refractivity (Wildman–Crippen MR) is 63.2 cm³/mol. The molecule has 0 amide bonds. The van der Waals surface area contributed by atoms with Gasteiger partial charge in [0, 0.05) is 5.75 Å². The van der Waals surface area contributed by atoms with E-state index < -0.39 is 0 Å². The van der Waals surface area contributed by atoms with Crippen molar-refractivity contribution < 1.29 is 0 Å². The summed E-state index contributed by atoms with van der Waals surface area (Å²) in [6.07, 6.45) is 7.61. The first kappa shape index (κ1) is 10.4. The van der Waals surface area contributed by atoms with Crippen molar-refractivity contribution in [1.29, 1.82) is 0 Å².